The van der Waals surface area contributed by atoms with Crippen LogP contribution in [0.15, 0.2) is 84.9 Å². The van der Waals surface area contributed by atoms with Gasteiger partial charge in [0.1, 0.15) is 17.7 Å². The van der Waals surface area contributed by atoms with Crippen LogP contribution in [0.5, 0.6) is 5.75 Å². The largest absolute Gasteiger partial charge is 0.485 e. The zero-order chi connectivity index (χ0) is 22.8. The normalized spacial score (nSPS) is 16.2. The molecule has 2 N–H and O–H groups in total. The number of aromatic carboxylic acids is 1. The van der Waals surface area contributed by atoms with Crippen LogP contribution in [0, 0.1) is 0 Å². The molecule has 33 heavy (non-hydrogen) atoms. The Hall–Kier alpha value is -3.90. The van der Waals surface area contributed by atoms with Gasteiger partial charge in [-0.25, -0.2) is 9.78 Å². The molecule has 2 heterocycles. The Bertz CT molecular complexity index is 1300. The van der Waals surface area contributed by atoms with Crippen molar-refractivity contribution >= 4 is 28.2 Å². The molecule has 0 fully saturated rings. The zero-order valence-electron chi connectivity index (χ0n) is 18.3. The van der Waals surface area contributed by atoms with Crippen LogP contribution in [-0.2, 0) is 0 Å². The highest BCUT2D eigenvalue weighted by atomic mass is 16.5. The van der Waals surface area contributed by atoms with Gasteiger partial charge < -0.3 is 20.1 Å². The summed E-state index contributed by atoms with van der Waals surface area (Å²) in [6, 6.07) is 27.7. The Morgan fingerprint density at radius 2 is 1.82 bits per heavy atom. The van der Waals surface area contributed by atoms with E-state index in [2.05, 4.69) is 59.7 Å². The summed E-state index contributed by atoms with van der Waals surface area (Å²) in [5.41, 5.74) is 2.15. The summed E-state index contributed by atoms with van der Waals surface area (Å²) in [6.07, 6.45) is -0.132. The summed E-state index contributed by atoms with van der Waals surface area (Å²) < 4.78 is 6.29. The molecule has 5 rings (SSSR count). The van der Waals surface area contributed by atoms with Gasteiger partial charge in [-0.15, -0.1) is 0 Å². The molecule has 1 aliphatic heterocycles. The maximum absolute atomic E-state index is 11.4. The van der Waals surface area contributed by atoms with E-state index >= 15 is 0 Å². The molecule has 0 amide bonds. The van der Waals surface area contributed by atoms with Crippen molar-refractivity contribution in [2.24, 2.45) is 0 Å². The molecule has 0 bridgehead atoms. The van der Waals surface area contributed by atoms with E-state index in [4.69, 9.17) is 4.74 Å². The lowest BCUT2D eigenvalue weighted by molar-refractivity contribution is 0.0690. The molecule has 2 unspecified atom stereocenters. The molecular formula is C27H25N3O3. The zero-order valence-corrected chi connectivity index (χ0v) is 18.3. The highest BCUT2D eigenvalue weighted by Gasteiger charge is 2.28. The van der Waals surface area contributed by atoms with Crippen molar-refractivity contribution in [3.63, 3.8) is 0 Å². The van der Waals surface area contributed by atoms with Crippen LogP contribution < -0.4 is 15.0 Å². The Labute approximate surface area is 192 Å². The molecule has 3 aromatic carbocycles. The van der Waals surface area contributed by atoms with Gasteiger partial charge in [-0.2, -0.15) is 0 Å². The van der Waals surface area contributed by atoms with Gasteiger partial charge in [-0.1, -0.05) is 60.7 Å². The number of hydrogen-bond donors (Lipinski definition) is 2. The van der Waals surface area contributed by atoms with Crippen LogP contribution >= 0.6 is 0 Å². The number of rotatable bonds is 6. The van der Waals surface area contributed by atoms with Crippen LogP contribution in [0.2, 0.25) is 0 Å². The molecule has 0 spiro atoms. The number of nitrogens with zero attached hydrogens (tertiary/aromatic N) is 2. The summed E-state index contributed by atoms with van der Waals surface area (Å²) in [5.74, 6) is 0.314. The van der Waals surface area contributed by atoms with E-state index in [0.717, 1.165) is 11.4 Å². The Morgan fingerprint density at radius 3 is 2.70 bits per heavy atom. The summed E-state index contributed by atoms with van der Waals surface area (Å²) in [7, 11) is 0. The van der Waals surface area contributed by atoms with Gasteiger partial charge in [0.05, 0.1) is 12.2 Å². The number of carbonyl (C=O) groups is 1. The number of pyridine rings is 1. The van der Waals surface area contributed by atoms with Crippen LogP contribution in [-0.4, -0.2) is 35.3 Å². The molecular weight excluding hydrogens is 414 g/mol. The smallest absolute Gasteiger partial charge is 0.354 e. The fraction of sp³-hybridized carbons (Fsp3) is 0.185. The number of carboxylic acids is 1. The Balaban J connectivity index is 1.37. The van der Waals surface area contributed by atoms with Gasteiger partial charge in [-0.05, 0) is 47.5 Å². The first kappa shape index (κ1) is 21.0. The van der Waals surface area contributed by atoms with Crippen LogP contribution in [0.25, 0.3) is 10.8 Å². The van der Waals surface area contributed by atoms with Crippen molar-refractivity contribution < 1.29 is 14.6 Å². The number of aromatic nitrogens is 1. The maximum Gasteiger partial charge on any atom is 0.354 e. The highest BCUT2D eigenvalue weighted by Crippen LogP contribution is 2.37. The van der Waals surface area contributed by atoms with E-state index in [9.17, 15) is 9.90 Å². The minimum Gasteiger partial charge on any atom is -0.485 e. The second-order valence-corrected chi connectivity index (χ2v) is 8.20. The topological polar surface area (TPSA) is 74.7 Å². The van der Waals surface area contributed by atoms with Crippen molar-refractivity contribution in [3.8, 4) is 5.75 Å². The van der Waals surface area contributed by atoms with Gasteiger partial charge in [0.15, 0.2) is 5.69 Å². The molecule has 0 saturated carbocycles. The molecule has 6 nitrogen and oxygen atoms in total. The van der Waals surface area contributed by atoms with Gasteiger partial charge in [0.25, 0.3) is 0 Å². The molecule has 166 valence electrons. The first-order valence-corrected chi connectivity index (χ1v) is 11.0. The number of benzene rings is 3. The minimum absolute atomic E-state index is 0.0238. The number of fused-ring (bicyclic) bond motifs is 2. The summed E-state index contributed by atoms with van der Waals surface area (Å²) in [6.45, 7) is 3.35. The monoisotopic (exact) mass is 439 g/mol. The molecule has 1 aliphatic rings. The fourth-order valence-corrected chi connectivity index (χ4v) is 4.36. The van der Waals surface area contributed by atoms with Crippen LogP contribution in [0.1, 0.15) is 29.0 Å². The lowest BCUT2D eigenvalue weighted by atomic mass is 9.99. The number of para-hydroxylation sites is 2. The molecule has 6 heteroatoms. The third kappa shape index (κ3) is 4.25. The molecule has 2 atom stereocenters. The second-order valence-electron chi connectivity index (χ2n) is 8.20. The summed E-state index contributed by atoms with van der Waals surface area (Å²) in [5, 5.41) is 15.5. The van der Waals surface area contributed by atoms with Gasteiger partial charge in [0.2, 0.25) is 0 Å². The quantitative estimate of drug-likeness (QED) is 0.431. The van der Waals surface area contributed by atoms with Gasteiger partial charge >= 0.3 is 5.97 Å². The maximum atomic E-state index is 11.4. The van der Waals surface area contributed by atoms with Crippen molar-refractivity contribution in [1.29, 1.82) is 0 Å². The molecule has 0 aliphatic carbocycles. The van der Waals surface area contributed by atoms with E-state index < -0.39 is 5.97 Å². The van der Waals surface area contributed by atoms with Gasteiger partial charge in [0, 0.05) is 12.6 Å². The van der Waals surface area contributed by atoms with E-state index in [0.29, 0.717) is 18.9 Å². The highest BCUT2D eigenvalue weighted by molar-refractivity contribution is 5.86. The van der Waals surface area contributed by atoms with Gasteiger partial charge in [-0.3, -0.25) is 0 Å². The van der Waals surface area contributed by atoms with Crippen molar-refractivity contribution in [3.05, 3.63) is 96.2 Å². The Kier molecular flexibility index (Phi) is 5.67. The van der Waals surface area contributed by atoms with Crippen LogP contribution in [0.4, 0.5) is 11.5 Å². The lowest BCUT2D eigenvalue weighted by Crippen LogP contribution is -2.44. The predicted octanol–water partition coefficient (Wildman–Crippen LogP) is 5.18. The summed E-state index contributed by atoms with van der Waals surface area (Å²) in [4.78, 5) is 17.8. The minimum atomic E-state index is -1.04. The number of carboxylic acid groups (broad SMARTS) is 1. The third-order valence-corrected chi connectivity index (χ3v) is 6.01. The number of nitrogens with one attached hydrogen (secondary N) is 1. The SMILES string of the molecule is CC(NCC1CN(c2cccc(C(=O)O)n2)c2ccccc2O1)c1cccc2ccccc12. The van der Waals surface area contributed by atoms with E-state index in [1.54, 1.807) is 6.07 Å². The number of anilines is 2. The van der Waals surface area contributed by atoms with Crippen LogP contribution in [0.3, 0.4) is 0 Å². The second kappa shape index (κ2) is 8.92. The predicted molar refractivity (Wildman–Crippen MR) is 129 cm³/mol. The first-order chi connectivity index (χ1) is 16.1. The third-order valence-electron chi connectivity index (χ3n) is 6.01. The molecule has 4 aromatic rings. The van der Waals surface area contributed by atoms with E-state index in [1.165, 1.54) is 22.4 Å². The number of hydrogen-bond acceptors (Lipinski definition) is 5. The van der Waals surface area contributed by atoms with E-state index in [-0.39, 0.29) is 17.8 Å². The standard InChI is InChI=1S/C27H25N3O3/c1-18(21-11-6-9-19-8-2-3-10-22(19)21)28-16-20-17-30(24-13-4-5-14-25(24)33-20)26-15-7-12-23(29-26)27(31)32/h2-15,18,20,28H,16-17H2,1H3,(H,31,32). The average molecular weight is 440 g/mol. The fourth-order valence-electron chi connectivity index (χ4n) is 4.36. The molecule has 0 radical (unpaired) electrons. The Morgan fingerprint density at radius 1 is 1.06 bits per heavy atom. The average Bonchev–Trinajstić information content (AvgIpc) is 2.86. The van der Waals surface area contributed by atoms with E-state index in [1.807, 2.05) is 35.2 Å². The van der Waals surface area contributed by atoms with Crippen molar-refractivity contribution in [2.45, 2.75) is 19.1 Å². The first-order valence-electron chi connectivity index (χ1n) is 11.0. The van der Waals surface area contributed by atoms with Crippen molar-refractivity contribution in [2.75, 3.05) is 18.0 Å². The van der Waals surface area contributed by atoms with Crippen molar-refractivity contribution in [1.82, 2.24) is 10.3 Å². The number of ether oxygens (including phenoxy) is 1. The lowest BCUT2D eigenvalue weighted by Gasteiger charge is -2.36. The summed E-state index contributed by atoms with van der Waals surface area (Å²) >= 11 is 0. The molecule has 1 aromatic heterocycles. The molecule has 0 saturated heterocycles.